The minimum atomic E-state index is -0.521. The Morgan fingerprint density at radius 1 is 1.15 bits per heavy atom. The van der Waals surface area contributed by atoms with Gasteiger partial charge in [-0.25, -0.2) is 9.38 Å². The van der Waals surface area contributed by atoms with E-state index in [1.807, 2.05) is 6.07 Å². The average molecular weight is 393 g/mol. The van der Waals surface area contributed by atoms with E-state index in [2.05, 4.69) is 10.3 Å². The van der Waals surface area contributed by atoms with Crippen molar-refractivity contribution in [3.8, 4) is 11.5 Å². The number of rotatable bonds is 4. The first-order valence-electron chi connectivity index (χ1n) is 7.47. The van der Waals surface area contributed by atoms with Crippen molar-refractivity contribution in [2.45, 2.75) is 0 Å². The Hall–Kier alpha value is -2.51. The number of benzene rings is 2. The lowest BCUT2D eigenvalue weighted by Gasteiger charge is -2.07. The Balaban J connectivity index is 1.84. The maximum absolute atomic E-state index is 13.2. The highest BCUT2D eigenvalue weighted by Gasteiger charge is 2.24. The van der Waals surface area contributed by atoms with Gasteiger partial charge in [0.05, 0.1) is 29.8 Å². The van der Waals surface area contributed by atoms with Gasteiger partial charge < -0.3 is 14.8 Å². The summed E-state index contributed by atoms with van der Waals surface area (Å²) in [6.45, 7) is 0. The van der Waals surface area contributed by atoms with Gasteiger partial charge >= 0.3 is 0 Å². The fourth-order valence-electron chi connectivity index (χ4n) is 2.25. The minimum Gasteiger partial charge on any atom is -0.493 e. The summed E-state index contributed by atoms with van der Waals surface area (Å²) in [6.07, 6.45) is 1.72. The number of thioether (sulfide) groups is 1. The predicted molar refractivity (Wildman–Crippen MR) is 102 cm³/mol. The summed E-state index contributed by atoms with van der Waals surface area (Å²) in [6, 6.07) is 9.46. The molecule has 5 nitrogen and oxygen atoms in total. The molecule has 1 aliphatic heterocycles. The maximum atomic E-state index is 13.2. The van der Waals surface area contributed by atoms with Crippen LogP contribution in [0.25, 0.3) is 6.08 Å². The van der Waals surface area contributed by atoms with Crippen LogP contribution in [0, 0.1) is 5.82 Å². The van der Waals surface area contributed by atoms with Crippen LogP contribution in [0.5, 0.6) is 11.5 Å². The maximum Gasteiger partial charge on any atom is 0.264 e. The first-order valence-corrected chi connectivity index (χ1v) is 8.66. The molecule has 0 spiro atoms. The van der Waals surface area contributed by atoms with Gasteiger partial charge in [0.25, 0.3) is 5.91 Å². The molecule has 134 valence electrons. The van der Waals surface area contributed by atoms with Crippen LogP contribution < -0.4 is 14.8 Å². The van der Waals surface area contributed by atoms with Crippen molar-refractivity contribution in [2.24, 2.45) is 4.99 Å². The molecule has 0 unspecified atom stereocenters. The van der Waals surface area contributed by atoms with Gasteiger partial charge in [-0.1, -0.05) is 17.7 Å². The zero-order valence-corrected chi connectivity index (χ0v) is 15.5. The van der Waals surface area contributed by atoms with E-state index in [-0.39, 0.29) is 10.9 Å². The van der Waals surface area contributed by atoms with E-state index in [4.69, 9.17) is 21.1 Å². The number of amidine groups is 1. The molecule has 0 aliphatic carbocycles. The Labute approximate surface area is 158 Å². The van der Waals surface area contributed by atoms with Crippen molar-refractivity contribution in [3.63, 3.8) is 0 Å². The van der Waals surface area contributed by atoms with Crippen LogP contribution in [0.3, 0.4) is 0 Å². The van der Waals surface area contributed by atoms with Gasteiger partial charge in [-0.15, -0.1) is 0 Å². The molecule has 0 bridgehead atoms. The molecule has 1 amide bonds. The third kappa shape index (κ3) is 4.00. The highest BCUT2D eigenvalue weighted by molar-refractivity contribution is 8.18. The average Bonchev–Trinajstić information content (AvgIpc) is 2.97. The SMILES string of the molecule is COc1ccc(C=C2SC(=Nc3ccc(F)c(Cl)c3)NC2=O)cc1OC. The second-order valence-corrected chi connectivity index (χ2v) is 6.63. The molecule has 1 aliphatic rings. The van der Waals surface area contributed by atoms with Crippen molar-refractivity contribution in [1.82, 2.24) is 5.32 Å². The Morgan fingerprint density at radius 3 is 2.62 bits per heavy atom. The van der Waals surface area contributed by atoms with E-state index in [0.717, 1.165) is 5.56 Å². The van der Waals surface area contributed by atoms with E-state index in [1.54, 1.807) is 32.4 Å². The predicted octanol–water partition coefficient (Wildman–Crippen LogP) is 4.39. The molecule has 1 fully saturated rings. The molecule has 26 heavy (non-hydrogen) atoms. The van der Waals surface area contributed by atoms with Crippen molar-refractivity contribution in [3.05, 3.63) is 57.7 Å². The van der Waals surface area contributed by atoms with Gasteiger partial charge in [0.2, 0.25) is 0 Å². The number of amides is 1. The van der Waals surface area contributed by atoms with Gasteiger partial charge in [0.15, 0.2) is 16.7 Å². The van der Waals surface area contributed by atoms with Crippen molar-refractivity contribution in [1.29, 1.82) is 0 Å². The molecular weight excluding hydrogens is 379 g/mol. The van der Waals surface area contributed by atoms with Crippen molar-refractivity contribution < 1.29 is 18.7 Å². The first-order chi connectivity index (χ1) is 12.5. The number of hydrogen-bond acceptors (Lipinski definition) is 5. The third-order valence-electron chi connectivity index (χ3n) is 3.49. The van der Waals surface area contributed by atoms with Gasteiger partial charge in [0.1, 0.15) is 5.82 Å². The van der Waals surface area contributed by atoms with Crippen LogP contribution in [0.2, 0.25) is 5.02 Å². The molecule has 2 aromatic carbocycles. The quantitative estimate of drug-likeness (QED) is 0.784. The van der Waals surface area contributed by atoms with Crippen LogP contribution in [0.4, 0.5) is 10.1 Å². The van der Waals surface area contributed by atoms with E-state index in [1.165, 1.54) is 30.0 Å². The van der Waals surface area contributed by atoms with Crippen LogP contribution in [0.1, 0.15) is 5.56 Å². The number of carbonyl (C=O) groups is 1. The molecular formula is C18H14ClFN2O3S. The summed E-state index contributed by atoms with van der Waals surface area (Å²) in [5.41, 5.74) is 1.23. The second kappa shape index (κ2) is 7.80. The summed E-state index contributed by atoms with van der Waals surface area (Å²) < 4.78 is 23.7. The summed E-state index contributed by atoms with van der Waals surface area (Å²) in [5.74, 6) is 0.387. The molecule has 0 aromatic heterocycles. The van der Waals surface area contributed by atoms with E-state index in [0.29, 0.717) is 27.3 Å². The zero-order chi connectivity index (χ0) is 18.7. The molecule has 1 N–H and O–H groups in total. The lowest BCUT2D eigenvalue weighted by Crippen LogP contribution is -2.19. The fourth-order valence-corrected chi connectivity index (χ4v) is 3.26. The molecule has 1 heterocycles. The third-order valence-corrected chi connectivity index (χ3v) is 4.69. The smallest absolute Gasteiger partial charge is 0.264 e. The molecule has 1 saturated heterocycles. The lowest BCUT2D eigenvalue weighted by atomic mass is 10.2. The molecule has 2 aromatic rings. The molecule has 0 atom stereocenters. The first kappa shape index (κ1) is 18.3. The van der Waals surface area contributed by atoms with Crippen molar-refractivity contribution >= 4 is 46.2 Å². The molecule has 0 saturated carbocycles. The van der Waals surface area contributed by atoms with E-state index >= 15 is 0 Å². The van der Waals surface area contributed by atoms with Gasteiger partial charge in [-0.2, -0.15) is 0 Å². The topological polar surface area (TPSA) is 59.9 Å². The van der Waals surface area contributed by atoms with Gasteiger partial charge in [-0.05, 0) is 53.7 Å². The molecule has 3 rings (SSSR count). The summed E-state index contributed by atoms with van der Waals surface area (Å²) >= 11 is 6.93. The second-order valence-electron chi connectivity index (χ2n) is 5.19. The van der Waals surface area contributed by atoms with E-state index < -0.39 is 5.82 Å². The highest BCUT2D eigenvalue weighted by Crippen LogP contribution is 2.32. The fraction of sp³-hybridized carbons (Fsp3) is 0.111. The van der Waals surface area contributed by atoms with E-state index in [9.17, 15) is 9.18 Å². The van der Waals surface area contributed by atoms with Gasteiger partial charge in [-0.3, -0.25) is 4.79 Å². The van der Waals surface area contributed by atoms with Crippen LogP contribution in [-0.2, 0) is 4.79 Å². The monoisotopic (exact) mass is 392 g/mol. The highest BCUT2D eigenvalue weighted by atomic mass is 35.5. The number of aliphatic imine (C=N–C) groups is 1. The number of carbonyl (C=O) groups excluding carboxylic acids is 1. The largest absolute Gasteiger partial charge is 0.493 e. The van der Waals surface area contributed by atoms with Gasteiger partial charge in [0, 0.05) is 0 Å². The standard InChI is InChI=1S/C18H14ClFN2O3S/c1-24-14-6-3-10(7-15(14)25-2)8-16-17(23)22-18(26-16)21-11-4-5-13(20)12(19)9-11/h3-9H,1-2H3,(H,21,22,23). The zero-order valence-electron chi connectivity index (χ0n) is 13.9. The van der Waals surface area contributed by atoms with Crippen LogP contribution in [-0.4, -0.2) is 25.3 Å². The van der Waals surface area contributed by atoms with Crippen LogP contribution >= 0.6 is 23.4 Å². The number of nitrogens with zero attached hydrogens (tertiary/aromatic N) is 1. The molecule has 8 heteroatoms. The number of nitrogens with one attached hydrogen (secondary N) is 1. The number of ether oxygens (including phenoxy) is 2. The number of methoxy groups -OCH3 is 2. The summed E-state index contributed by atoms with van der Waals surface area (Å²) in [5, 5.41) is 3.04. The Kier molecular flexibility index (Phi) is 5.49. The normalized spacial score (nSPS) is 16.8. The summed E-state index contributed by atoms with van der Waals surface area (Å²) in [7, 11) is 3.10. The lowest BCUT2D eigenvalue weighted by molar-refractivity contribution is -0.115. The summed E-state index contributed by atoms with van der Waals surface area (Å²) in [4.78, 5) is 16.9. The van der Waals surface area contributed by atoms with Crippen LogP contribution in [0.15, 0.2) is 46.3 Å². The van der Waals surface area contributed by atoms with Crippen molar-refractivity contribution in [2.75, 3.05) is 14.2 Å². The Morgan fingerprint density at radius 2 is 1.92 bits per heavy atom. The number of halogens is 2. The molecule has 0 radical (unpaired) electrons. The Bertz CT molecular complexity index is 931. The minimum absolute atomic E-state index is 0.0257. The number of hydrogen-bond donors (Lipinski definition) is 1.